The van der Waals surface area contributed by atoms with Gasteiger partial charge in [0.2, 0.25) is 0 Å². The SMILES string of the molecule is CCNC(=NCC1CCN(C)C1)NCC1CCN(S(=O)(=O)C(F)(F)F)CC1. The highest BCUT2D eigenvalue weighted by Gasteiger charge is 2.50. The number of nitrogens with one attached hydrogen (secondary N) is 2. The number of hydrogen-bond acceptors (Lipinski definition) is 4. The van der Waals surface area contributed by atoms with E-state index in [0.717, 1.165) is 32.6 Å². The molecule has 0 saturated carbocycles. The number of piperidine rings is 1. The Labute approximate surface area is 159 Å². The molecule has 2 fully saturated rings. The van der Waals surface area contributed by atoms with E-state index in [4.69, 9.17) is 0 Å². The summed E-state index contributed by atoms with van der Waals surface area (Å²) < 4.78 is 61.3. The van der Waals surface area contributed by atoms with Crippen molar-refractivity contribution in [3.05, 3.63) is 0 Å². The van der Waals surface area contributed by atoms with Crippen LogP contribution >= 0.6 is 0 Å². The van der Waals surface area contributed by atoms with Gasteiger partial charge in [0.25, 0.3) is 0 Å². The third kappa shape index (κ3) is 6.21. The average Bonchev–Trinajstić information content (AvgIpc) is 3.02. The van der Waals surface area contributed by atoms with E-state index in [2.05, 4.69) is 27.6 Å². The van der Waals surface area contributed by atoms with E-state index < -0.39 is 15.5 Å². The van der Waals surface area contributed by atoms with E-state index in [9.17, 15) is 21.6 Å². The Kier molecular flexibility index (Phi) is 7.75. The molecule has 0 aromatic carbocycles. The fourth-order valence-corrected chi connectivity index (χ4v) is 4.46. The topological polar surface area (TPSA) is 77.0 Å². The lowest BCUT2D eigenvalue weighted by Crippen LogP contribution is -2.47. The molecule has 2 saturated heterocycles. The third-order valence-corrected chi connectivity index (χ3v) is 6.73. The van der Waals surface area contributed by atoms with Crippen LogP contribution in [0, 0.1) is 11.8 Å². The lowest BCUT2D eigenvalue weighted by molar-refractivity contribution is -0.0496. The number of nitrogens with zero attached hydrogens (tertiary/aromatic N) is 3. The van der Waals surface area contributed by atoms with Crippen LogP contribution in [-0.4, -0.2) is 82.0 Å². The van der Waals surface area contributed by atoms with Crippen molar-refractivity contribution in [1.29, 1.82) is 0 Å². The van der Waals surface area contributed by atoms with Crippen molar-refractivity contribution in [2.75, 3.05) is 52.9 Å². The molecule has 1 unspecified atom stereocenters. The first-order valence-electron chi connectivity index (χ1n) is 9.40. The summed E-state index contributed by atoms with van der Waals surface area (Å²) in [5, 5.41) is 6.42. The van der Waals surface area contributed by atoms with Crippen molar-refractivity contribution in [3.63, 3.8) is 0 Å². The monoisotopic (exact) mass is 413 g/mol. The van der Waals surface area contributed by atoms with E-state index in [0.29, 0.717) is 35.6 Å². The summed E-state index contributed by atoms with van der Waals surface area (Å²) in [6.07, 6.45) is 1.93. The summed E-state index contributed by atoms with van der Waals surface area (Å²) in [4.78, 5) is 6.89. The van der Waals surface area contributed by atoms with Crippen molar-refractivity contribution >= 4 is 16.0 Å². The minimum absolute atomic E-state index is 0.101. The minimum atomic E-state index is -5.22. The Morgan fingerprint density at radius 1 is 1.11 bits per heavy atom. The molecule has 158 valence electrons. The van der Waals surface area contributed by atoms with Gasteiger partial charge in [-0.3, -0.25) is 4.99 Å². The molecular weight excluding hydrogens is 383 g/mol. The largest absolute Gasteiger partial charge is 0.511 e. The highest BCUT2D eigenvalue weighted by molar-refractivity contribution is 7.90. The molecule has 2 aliphatic rings. The van der Waals surface area contributed by atoms with Crippen molar-refractivity contribution < 1.29 is 21.6 Å². The summed E-state index contributed by atoms with van der Waals surface area (Å²) in [6, 6.07) is 0. The van der Waals surface area contributed by atoms with Gasteiger partial charge in [-0.1, -0.05) is 0 Å². The maximum atomic E-state index is 12.6. The fraction of sp³-hybridized carbons (Fsp3) is 0.938. The summed E-state index contributed by atoms with van der Waals surface area (Å²) >= 11 is 0. The maximum Gasteiger partial charge on any atom is 0.511 e. The normalized spacial score (nSPS) is 24.3. The smallest absolute Gasteiger partial charge is 0.357 e. The third-order valence-electron chi connectivity index (χ3n) is 5.10. The van der Waals surface area contributed by atoms with Crippen LogP contribution in [0.15, 0.2) is 4.99 Å². The van der Waals surface area contributed by atoms with Crippen LogP contribution in [-0.2, 0) is 10.0 Å². The maximum absolute atomic E-state index is 12.6. The van der Waals surface area contributed by atoms with Gasteiger partial charge in [0.05, 0.1) is 0 Å². The van der Waals surface area contributed by atoms with E-state index in [1.54, 1.807) is 0 Å². The average molecular weight is 414 g/mol. The zero-order valence-corrected chi connectivity index (χ0v) is 16.7. The van der Waals surface area contributed by atoms with Gasteiger partial charge in [-0.25, -0.2) is 8.42 Å². The van der Waals surface area contributed by atoms with Crippen LogP contribution in [0.1, 0.15) is 26.2 Å². The zero-order chi connectivity index (χ0) is 20.1. The van der Waals surface area contributed by atoms with E-state index >= 15 is 0 Å². The van der Waals surface area contributed by atoms with Crippen LogP contribution in [0.3, 0.4) is 0 Å². The number of halogens is 3. The van der Waals surface area contributed by atoms with Crippen LogP contribution in [0.2, 0.25) is 0 Å². The van der Waals surface area contributed by atoms with Gasteiger partial charge in [0.15, 0.2) is 5.96 Å². The first kappa shape index (κ1) is 22.2. The van der Waals surface area contributed by atoms with Gasteiger partial charge in [-0.2, -0.15) is 17.5 Å². The second-order valence-corrected chi connectivity index (χ2v) is 9.24. The highest BCUT2D eigenvalue weighted by Crippen LogP contribution is 2.30. The van der Waals surface area contributed by atoms with Gasteiger partial charge in [0, 0.05) is 39.3 Å². The van der Waals surface area contributed by atoms with Crippen molar-refractivity contribution in [3.8, 4) is 0 Å². The van der Waals surface area contributed by atoms with E-state index in [1.807, 2.05) is 6.92 Å². The van der Waals surface area contributed by atoms with Gasteiger partial charge in [-0.15, -0.1) is 0 Å². The highest BCUT2D eigenvalue weighted by atomic mass is 32.2. The molecule has 2 N–H and O–H groups in total. The number of alkyl halides is 3. The molecule has 0 bridgehead atoms. The summed E-state index contributed by atoms with van der Waals surface area (Å²) in [5.74, 6) is 1.37. The molecule has 1 atom stereocenters. The number of sulfonamides is 1. The predicted molar refractivity (Wildman–Crippen MR) is 98.9 cm³/mol. The van der Waals surface area contributed by atoms with Crippen molar-refractivity contribution in [2.24, 2.45) is 16.8 Å². The fourth-order valence-electron chi connectivity index (χ4n) is 3.48. The molecule has 27 heavy (non-hydrogen) atoms. The Bertz CT molecular complexity index is 604. The molecule has 2 aliphatic heterocycles. The Balaban J connectivity index is 1.79. The molecule has 11 heteroatoms. The summed E-state index contributed by atoms with van der Waals surface area (Å²) in [5.41, 5.74) is -5.22. The van der Waals surface area contributed by atoms with Gasteiger partial charge in [0.1, 0.15) is 0 Å². The van der Waals surface area contributed by atoms with Gasteiger partial charge >= 0.3 is 15.5 Å². The zero-order valence-electron chi connectivity index (χ0n) is 15.9. The molecule has 0 amide bonds. The number of rotatable bonds is 6. The van der Waals surface area contributed by atoms with Gasteiger partial charge in [-0.05, 0) is 51.6 Å². The van der Waals surface area contributed by atoms with E-state index in [1.165, 1.54) is 0 Å². The quantitative estimate of drug-likeness (QED) is 0.503. The lowest BCUT2D eigenvalue weighted by Gasteiger charge is -2.31. The van der Waals surface area contributed by atoms with Crippen LogP contribution in [0.5, 0.6) is 0 Å². The second-order valence-electron chi connectivity index (χ2n) is 7.31. The first-order valence-corrected chi connectivity index (χ1v) is 10.8. The standard InChI is InChI=1S/C16H30F3N5O2S/c1-3-20-15(22-11-14-4-7-23(2)12-14)21-10-13-5-8-24(9-6-13)27(25,26)16(17,18)19/h13-14H,3-12H2,1-2H3,(H2,20,21,22). The molecule has 2 rings (SSSR count). The first-order chi connectivity index (χ1) is 12.6. The number of likely N-dealkylation sites (tertiary alicyclic amines) is 1. The molecule has 0 aromatic heterocycles. The summed E-state index contributed by atoms with van der Waals surface area (Å²) in [7, 11) is -3.12. The minimum Gasteiger partial charge on any atom is -0.357 e. The van der Waals surface area contributed by atoms with Crippen LogP contribution in [0.25, 0.3) is 0 Å². The molecule has 0 aliphatic carbocycles. The Morgan fingerprint density at radius 3 is 2.26 bits per heavy atom. The van der Waals surface area contributed by atoms with Crippen molar-refractivity contribution in [2.45, 2.75) is 31.7 Å². The van der Waals surface area contributed by atoms with Crippen molar-refractivity contribution in [1.82, 2.24) is 19.8 Å². The van der Waals surface area contributed by atoms with Crippen LogP contribution in [0.4, 0.5) is 13.2 Å². The molecular formula is C16H30F3N5O2S. The molecule has 2 heterocycles. The Hall–Kier alpha value is -1.07. The Morgan fingerprint density at radius 2 is 1.74 bits per heavy atom. The van der Waals surface area contributed by atoms with Gasteiger partial charge < -0.3 is 15.5 Å². The number of aliphatic imine (C=N–C) groups is 1. The van der Waals surface area contributed by atoms with E-state index in [-0.39, 0.29) is 19.0 Å². The number of hydrogen-bond donors (Lipinski definition) is 2. The number of guanidine groups is 1. The molecule has 0 aromatic rings. The molecule has 7 nitrogen and oxygen atoms in total. The predicted octanol–water partition coefficient (Wildman–Crippen LogP) is 1.05. The lowest BCUT2D eigenvalue weighted by atomic mass is 9.98. The van der Waals surface area contributed by atoms with Crippen LogP contribution < -0.4 is 10.6 Å². The second kappa shape index (κ2) is 9.42. The molecule has 0 spiro atoms. The molecule has 0 radical (unpaired) electrons. The summed E-state index contributed by atoms with van der Waals surface area (Å²) in [6.45, 7) is 5.92.